The van der Waals surface area contributed by atoms with E-state index in [1.54, 1.807) is 0 Å². The maximum absolute atomic E-state index is 16.5. The Labute approximate surface area is 690 Å². The average Bonchev–Trinajstić information content (AvgIpc) is 1.57. The van der Waals surface area contributed by atoms with Crippen LogP contribution in [0.4, 0.5) is 132 Å². The van der Waals surface area contributed by atoms with E-state index < -0.39 is 309 Å². The highest BCUT2D eigenvalue weighted by atomic mass is 19.2. The van der Waals surface area contributed by atoms with Gasteiger partial charge in [-0.1, -0.05) is 36.1 Å². The fourth-order valence-corrected chi connectivity index (χ4v) is 15.0. The van der Waals surface area contributed by atoms with Crippen molar-refractivity contribution in [1.82, 2.24) is 39.9 Å². The smallest absolute Gasteiger partial charge is 0.200 e. The lowest BCUT2D eigenvalue weighted by Crippen LogP contribution is -2.06. The molecule has 4 N–H and O–H groups in total. The molecule has 0 saturated heterocycles. The molecule has 38 heteroatoms. The molecule has 6 aromatic heterocycles. The van der Waals surface area contributed by atoms with E-state index in [2.05, 4.69) is 51.7 Å². The molecule has 18 rings (SSSR count). The molecular formula is C90H28F30N8. The maximum atomic E-state index is 16.5. The van der Waals surface area contributed by atoms with Crippen molar-refractivity contribution in [2.45, 2.75) is 0 Å². The molecule has 0 atom stereocenters. The Hall–Kier alpha value is -15.6. The van der Waals surface area contributed by atoms with E-state index in [1.807, 2.05) is 0 Å². The Morgan fingerprint density at radius 3 is 0.562 bits per heavy atom. The molecule has 10 heterocycles. The Balaban J connectivity index is 0.819. The Kier molecular flexibility index (Phi) is 20.0. The van der Waals surface area contributed by atoms with Crippen LogP contribution in [0.15, 0.2) is 97.1 Å². The van der Waals surface area contributed by atoms with Gasteiger partial charge in [-0.15, -0.1) is 0 Å². The van der Waals surface area contributed by atoms with Crippen LogP contribution in [-0.4, -0.2) is 39.9 Å². The monoisotopic (exact) mass is 1790 g/mol. The highest BCUT2D eigenvalue weighted by molar-refractivity contribution is 6.03. The van der Waals surface area contributed by atoms with Gasteiger partial charge in [-0.3, -0.25) is 0 Å². The van der Waals surface area contributed by atoms with Crippen molar-refractivity contribution >= 4 is 92.7 Å². The summed E-state index contributed by atoms with van der Waals surface area (Å²) in [5.74, 6) is -71.6. The number of hydrogen-bond acceptors (Lipinski definition) is 4. The van der Waals surface area contributed by atoms with Gasteiger partial charge >= 0.3 is 0 Å². The average molecular weight is 1790 g/mol. The summed E-state index contributed by atoms with van der Waals surface area (Å²) in [7, 11) is 0. The molecule has 0 unspecified atom stereocenters. The first-order valence-corrected chi connectivity index (χ1v) is 36.1. The normalized spacial score (nSPS) is 12.3. The van der Waals surface area contributed by atoms with Gasteiger partial charge in [0.2, 0.25) is 34.9 Å². The maximum Gasteiger partial charge on any atom is 0.200 e. The zero-order valence-electron chi connectivity index (χ0n) is 62.0. The minimum Gasteiger partial charge on any atom is -0.354 e. The first-order valence-electron chi connectivity index (χ1n) is 36.1. The summed E-state index contributed by atoms with van der Waals surface area (Å²) < 4.78 is 470. The zero-order valence-corrected chi connectivity index (χ0v) is 62.0. The molecular weight excluding hydrogens is 1760 g/mol. The van der Waals surface area contributed by atoms with Crippen LogP contribution < -0.4 is 0 Å². The predicted molar refractivity (Wildman–Crippen MR) is 406 cm³/mol. The number of H-pyrrole nitrogens is 4. The molecule has 0 radical (unpaired) electrons. The van der Waals surface area contributed by atoms with E-state index >= 15 is 105 Å². The van der Waals surface area contributed by atoms with E-state index in [4.69, 9.17) is 0 Å². The molecule has 0 spiro atoms. The van der Waals surface area contributed by atoms with Gasteiger partial charge in [-0.2, -0.15) is 0 Å². The Morgan fingerprint density at radius 2 is 0.344 bits per heavy atom. The molecule has 0 aliphatic carbocycles. The number of aromatic amines is 4. The van der Waals surface area contributed by atoms with Crippen LogP contribution in [-0.2, 0) is 0 Å². The number of nitrogens with one attached hydrogen (secondary N) is 4. The van der Waals surface area contributed by atoms with Crippen molar-refractivity contribution in [2.75, 3.05) is 0 Å². The summed E-state index contributed by atoms with van der Waals surface area (Å²) in [6, 6.07) is 17.7. The third kappa shape index (κ3) is 13.0. The molecule has 4 aliphatic rings. The second kappa shape index (κ2) is 30.7. The predicted octanol–water partition coefficient (Wildman–Crippen LogP) is 26.5. The van der Waals surface area contributed by atoms with Crippen molar-refractivity contribution < 1.29 is 132 Å². The van der Waals surface area contributed by atoms with E-state index in [1.165, 1.54) is 48.5 Å². The summed E-state index contributed by atoms with van der Waals surface area (Å²) in [5, 5.41) is 0. The molecule has 8 aromatic carbocycles. The van der Waals surface area contributed by atoms with Gasteiger partial charge in [0.1, 0.15) is 0 Å². The van der Waals surface area contributed by atoms with Gasteiger partial charge in [-0.05, 0) is 133 Å². The molecule has 0 amide bonds. The summed E-state index contributed by atoms with van der Waals surface area (Å²) in [5.41, 5.74) is -28.4. The summed E-state index contributed by atoms with van der Waals surface area (Å²) >= 11 is 0. The van der Waals surface area contributed by atoms with Crippen LogP contribution in [0.2, 0.25) is 0 Å². The summed E-state index contributed by atoms with van der Waals surface area (Å²) in [6.07, 6.45) is 6.80. The largest absolute Gasteiger partial charge is 0.354 e. The number of benzene rings is 8. The van der Waals surface area contributed by atoms with Crippen LogP contribution in [0.5, 0.6) is 0 Å². The van der Waals surface area contributed by atoms with E-state index in [-0.39, 0.29) is 55.8 Å². The summed E-state index contributed by atoms with van der Waals surface area (Å²) in [4.78, 5) is 27.3. The second-order valence-electron chi connectivity index (χ2n) is 28.1. The number of fused-ring (bicyclic) bond motifs is 16. The van der Waals surface area contributed by atoms with Crippen molar-refractivity contribution in [3.05, 3.63) is 328 Å². The molecule has 128 heavy (non-hydrogen) atoms. The minimum atomic E-state index is -2.72. The lowest BCUT2D eigenvalue weighted by molar-refractivity contribution is 0.381. The fraction of sp³-hybridized carbons (Fsp3) is 0. The molecule has 16 bridgehead atoms. The first kappa shape index (κ1) is 83.3. The number of rotatable bonds is 8. The standard InChI is InChI=1S/C90H28F30N8/c91-61-55(62(92)74(104)85(115)73(61)103)49-35-13-11-31(121-35)23-45-33(25-47(127-45)53(59-69(99)81(111)89(119)82(112)70(59)100)43-21-19-41(125-43)51(39-17-15-37(49)123-39)57-65(95)77(107)87(117)78(108)66(57)96)29-7-3-27(4-8-29)1-2-28-5-9-30(10-6-28)34-26-48-54(60-71(101)83(113)90(120)84(114)72(60)102)44-22-20-42(126-44)52(58-67(97)79(109)88(118)80(110)68(58)98)40-18-16-38(124-40)50(36-14-12-32(122-36)24-46(34)128-48)56-63(93)75(105)86(116)76(106)64(56)94/h3-26,123-124,127-128H. The highest BCUT2D eigenvalue weighted by Gasteiger charge is 2.39. The Morgan fingerprint density at radius 1 is 0.164 bits per heavy atom. The van der Waals surface area contributed by atoms with Crippen molar-refractivity contribution in [3.63, 3.8) is 0 Å². The van der Waals surface area contributed by atoms with Crippen molar-refractivity contribution in [3.8, 4) is 101 Å². The quantitative estimate of drug-likeness (QED) is 0.0525. The number of aromatic nitrogens is 8. The van der Waals surface area contributed by atoms with Gasteiger partial charge in [0, 0.05) is 99.8 Å². The van der Waals surface area contributed by atoms with Crippen LogP contribution >= 0.6 is 0 Å². The molecule has 8 nitrogen and oxygen atoms in total. The fourth-order valence-electron chi connectivity index (χ4n) is 15.0. The lowest BCUT2D eigenvalue weighted by atomic mass is 10.00. The van der Waals surface area contributed by atoms with E-state index in [9.17, 15) is 26.3 Å². The van der Waals surface area contributed by atoms with Crippen LogP contribution in [0.25, 0.3) is 182 Å². The minimum absolute atomic E-state index is 0.0207. The second-order valence-corrected chi connectivity index (χ2v) is 28.1. The number of halogens is 30. The molecule has 0 fully saturated rings. The van der Waals surface area contributed by atoms with Gasteiger partial charge in [0.15, 0.2) is 140 Å². The van der Waals surface area contributed by atoms with Gasteiger partial charge in [-0.25, -0.2) is 152 Å². The third-order valence-corrected chi connectivity index (χ3v) is 20.9. The highest BCUT2D eigenvalue weighted by Crippen LogP contribution is 2.48. The van der Waals surface area contributed by atoms with Crippen molar-refractivity contribution in [2.24, 2.45) is 0 Å². The first-order chi connectivity index (χ1) is 60.9. The molecule has 638 valence electrons. The van der Waals surface area contributed by atoms with Crippen LogP contribution in [0, 0.1) is 186 Å². The SMILES string of the molecule is Fc1c(F)c(F)c(-c2c3nc(c(-c4c(F)c(F)c(F)c(F)c4F)c4ccc([nH]4)c(-c4c(F)c(F)c(F)c(F)c4F)c4nc(cc5[nH]c2cc5-c2ccc(C#Cc5ccc(-c6cc7[nH]c6cc6nc(c(-c8c(F)c(F)c(F)c(F)c8F)c8ccc([nH]8)c(-c8c(F)c(F)c(F)c(F)c8F)c8nc(c7-c7c(F)c(F)c(F)c(F)c7F)C=C8)C=C6)cc5)cc2)C=C4)C=C3)c(F)c1F. The summed E-state index contributed by atoms with van der Waals surface area (Å²) in [6.45, 7) is 0. The van der Waals surface area contributed by atoms with Crippen molar-refractivity contribution in [1.29, 1.82) is 0 Å². The van der Waals surface area contributed by atoms with Gasteiger partial charge in [0.25, 0.3) is 0 Å². The zero-order chi connectivity index (χ0) is 91.0. The van der Waals surface area contributed by atoms with Crippen LogP contribution in [0.1, 0.15) is 56.7 Å². The van der Waals surface area contributed by atoms with Gasteiger partial charge in [0.05, 0.1) is 78.9 Å². The number of hydrogen-bond donors (Lipinski definition) is 4. The molecule has 14 aromatic rings. The van der Waals surface area contributed by atoms with E-state index in [0.717, 1.165) is 85.0 Å². The van der Waals surface area contributed by atoms with Gasteiger partial charge < -0.3 is 19.9 Å². The molecule has 4 aliphatic heterocycles. The van der Waals surface area contributed by atoms with E-state index in [0.29, 0.717) is 12.2 Å². The van der Waals surface area contributed by atoms with Crippen LogP contribution in [0.3, 0.4) is 0 Å². The Bertz CT molecular complexity index is 7370. The topological polar surface area (TPSA) is 115 Å². The third-order valence-electron chi connectivity index (χ3n) is 20.9. The number of nitrogens with zero attached hydrogens (tertiary/aromatic N) is 4. The lowest BCUT2D eigenvalue weighted by Gasteiger charge is -2.11. The molecule has 0 saturated carbocycles.